The fourth-order valence-electron chi connectivity index (χ4n) is 3.38. The van der Waals surface area contributed by atoms with Gasteiger partial charge in [-0.05, 0) is 55.3 Å². The lowest BCUT2D eigenvalue weighted by Gasteiger charge is -2.33. The van der Waals surface area contributed by atoms with Gasteiger partial charge < -0.3 is 15.5 Å². The molecule has 1 atom stereocenters. The molecule has 2 aromatic carbocycles. The van der Waals surface area contributed by atoms with Crippen LogP contribution in [-0.4, -0.2) is 40.3 Å². The van der Waals surface area contributed by atoms with E-state index in [9.17, 15) is 4.79 Å². The molecule has 136 valence electrons. The molecule has 0 radical (unpaired) electrons. The molecule has 4 rings (SSSR count). The van der Waals surface area contributed by atoms with Crippen molar-refractivity contribution in [3.05, 3.63) is 54.2 Å². The van der Waals surface area contributed by atoms with Crippen molar-refractivity contribution in [1.82, 2.24) is 15.1 Å². The van der Waals surface area contributed by atoms with Crippen molar-refractivity contribution in [1.29, 1.82) is 5.26 Å². The molecule has 1 unspecified atom stereocenters. The maximum atomic E-state index is 12.6. The van der Waals surface area contributed by atoms with Gasteiger partial charge in [0.25, 0.3) is 0 Å². The van der Waals surface area contributed by atoms with Gasteiger partial charge in [0.15, 0.2) is 0 Å². The number of hydrogen-bond acceptors (Lipinski definition) is 4. The minimum absolute atomic E-state index is 0.114. The van der Waals surface area contributed by atoms with Gasteiger partial charge in [-0.15, -0.1) is 0 Å². The zero-order valence-corrected chi connectivity index (χ0v) is 14.8. The van der Waals surface area contributed by atoms with Gasteiger partial charge in [-0.25, -0.2) is 4.79 Å². The molecule has 0 saturated carbocycles. The number of benzene rings is 2. The van der Waals surface area contributed by atoms with E-state index in [0.29, 0.717) is 17.8 Å². The predicted octanol–water partition coefficient (Wildman–Crippen LogP) is 3.54. The van der Waals surface area contributed by atoms with Gasteiger partial charge >= 0.3 is 6.03 Å². The first kappa shape index (κ1) is 16.9. The van der Waals surface area contributed by atoms with Crippen molar-refractivity contribution in [2.45, 2.75) is 18.9 Å². The minimum atomic E-state index is -0.114. The molecule has 0 spiro atoms. The normalized spacial score (nSPS) is 16.7. The number of H-pyrrole nitrogens is 1. The van der Waals surface area contributed by atoms with Gasteiger partial charge in [0.2, 0.25) is 0 Å². The lowest BCUT2D eigenvalue weighted by Crippen LogP contribution is -2.46. The molecule has 27 heavy (non-hydrogen) atoms. The van der Waals surface area contributed by atoms with E-state index in [0.717, 1.165) is 36.0 Å². The van der Waals surface area contributed by atoms with Crippen LogP contribution in [0.3, 0.4) is 0 Å². The zero-order valence-electron chi connectivity index (χ0n) is 14.8. The first-order valence-electron chi connectivity index (χ1n) is 8.97. The molecular weight excluding hydrogens is 340 g/mol. The number of nitrogens with one attached hydrogen (secondary N) is 3. The SMILES string of the molecule is N#Cc1ccc(NC(=O)N2CCCC(Nc3ccc4[nH]ncc4c3)C2)cc1. The van der Waals surface area contributed by atoms with Gasteiger partial charge in [-0.3, -0.25) is 5.10 Å². The van der Waals surface area contributed by atoms with E-state index in [2.05, 4.69) is 33.0 Å². The zero-order chi connectivity index (χ0) is 18.6. The summed E-state index contributed by atoms with van der Waals surface area (Å²) in [5, 5.41) is 23.3. The van der Waals surface area contributed by atoms with E-state index < -0.39 is 0 Å². The van der Waals surface area contributed by atoms with Crippen molar-refractivity contribution in [2.24, 2.45) is 0 Å². The molecule has 2 amide bonds. The highest BCUT2D eigenvalue weighted by Crippen LogP contribution is 2.21. The van der Waals surface area contributed by atoms with Gasteiger partial charge in [-0.2, -0.15) is 10.4 Å². The average molecular weight is 360 g/mol. The Morgan fingerprint density at radius 2 is 2.04 bits per heavy atom. The molecule has 0 bridgehead atoms. The van der Waals surface area contributed by atoms with Gasteiger partial charge in [0.05, 0.1) is 23.3 Å². The number of anilines is 2. The van der Waals surface area contributed by atoms with Crippen molar-refractivity contribution in [2.75, 3.05) is 23.7 Å². The highest BCUT2D eigenvalue weighted by Gasteiger charge is 2.23. The fourth-order valence-corrected chi connectivity index (χ4v) is 3.38. The van der Waals surface area contributed by atoms with Crippen LogP contribution in [0.15, 0.2) is 48.7 Å². The van der Waals surface area contributed by atoms with Crippen molar-refractivity contribution in [3.63, 3.8) is 0 Å². The quantitative estimate of drug-likeness (QED) is 0.665. The minimum Gasteiger partial charge on any atom is -0.381 e. The summed E-state index contributed by atoms with van der Waals surface area (Å²) in [5.41, 5.74) is 3.31. The van der Waals surface area contributed by atoms with Crippen LogP contribution in [-0.2, 0) is 0 Å². The fraction of sp³-hybridized carbons (Fsp3) is 0.250. The number of rotatable bonds is 3. The number of carbonyl (C=O) groups excluding carboxylic acids is 1. The smallest absolute Gasteiger partial charge is 0.321 e. The molecule has 1 fully saturated rings. The Kier molecular flexibility index (Phi) is 4.62. The number of nitriles is 1. The van der Waals surface area contributed by atoms with Crippen LogP contribution < -0.4 is 10.6 Å². The van der Waals surface area contributed by atoms with E-state index in [1.807, 2.05) is 17.0 Å². The van der Waals surface area contributed by atoms with E-state index in [4.69, 9.17) is 5.26 Å². The van der Waals surface area contributed by atoms with Gasteiger partial charge in [0, 0.05) is 35.9 Å². The third kappa shape index (κ3) is 3.85. The molecule has 1 aliphatic rings. The molecule has 1 saturated heterocycles. The molecule has 0 aliphatic carbocycles. The summed E-state index contributed by atoms with van der Waals surface area (Å²) in [6.45, 7) is 1.38. The second-order valence-electron chi connectivity index (χ2n) is 6.72. The summed E-state index contributed by atoms with van der Waals surface area (Å²) < 4.78 is 0. The second kappa shape index (κ2) is 7.38. The number of aromatic amines is 1. The summed E-state index contributed by atoms with van der Waals surface area (Å²) in [6.07, 6.45) is 3.77. The summed E-state index contributed by atoms with van der Waals surface area (Å²) in [7, 11) is 0. The number of urea groups is 1. The molecule has 3 aromatic rings. The van der Waals surface area contributed by atoms with Crippen molar-refractivity contribution >= 4 is 28.3 Å². The topological polar surface area (TPSA) is 96.8 Å². The largest absolute Gasteiger partial charge is 0.381 e. The Balaban J connectivity index is 1.37. The highest BCUT2D eigenvalue weighted by molar-refractivity contribution is 5.89. The van der Waals surface area contributed by atoms with E-state index in [1.54, 1.807) is 30.5 Å². The van der Waals surface area contributed by atoms with E-state index in [1.165, 1.54) is 0 Å². The maximum Gasteiger partial charge on any atom is 0.321 e. The number of likely N-dealkylation sites (tertiary alicyclic amines) is 1. The third-order valence-electron chi connectivity index (χ3n) is 4.78. The lowest BCUT2D eigenvalue weighted by atomic mass is 10.1. The summed E-state index contributed by atoms with van der Waals surface area (Å²) >= 11 is 0. The lowest BCUT2D eigenvalue weighted by molar-refractivity contribution is 0.196. The molecule has 2 heterocycles. The Bertz CT molecular complexity index is 988. The highest BCUT2D eigenvalue weighted by atomic mass is 16.2. The van der Waals surface area contributed by atoms with Gasteiger partial charge in [0.1, 0.15) is 0 Å². The van der Waals surface area contributed by atoms with E-state index in [-0.39, 0.29) is 12.1 Å². The summed E-state index contributed by atoms with van der Waals surface area (Å²) in [6, 6.07) is 15.1. The van der Waals surface area contributed by atoms with Crippen molar-refractivity contribution < 1.29 is 4.79 Å². The third-order valence-corrected chi connectivity index (χ3v) is 4.78. The van der Waals surface area contributed by atoms with Crippen LogP contribution in [0.4, 0.5) is 16.2 Å². The molecule has 7 heteroatoms. The molecular formula is C20H20N6O. The van der Waals surface area contributed by atoms with E-state index >= 15 is 0 Å². The molecule has 3 N–H and O–H groups in total. The Morgan fingerprint density at radius 3 is 2.85 bits per heavy atom. The number of nitrogens with zero attached hydrogens (tertiary/aromatic N) is 3. The Labute approximate surface area is 157 Å². The number of piperidine rings is 1. The van der Waals surface area contributed by atoms with Crippen LogP contribution in [0.25, 0.3) is 10.9 Å². The first-order valence-corrected chi connectivity index (χ1v) is 8.97. The van der Waals surface area contributed by atoms with Crippen molar-refractivity contribution in [3.8, 4) is 6.07 Å². The number of fused-ring (bicyclic) bond motifs is 1. The van der Waals surface area contributed by atoms with Crippen LogP contribution in [0.5, 0.6) is 0 Å². The maximum absolute atomic E-state index is 12.6. The van der Waals surface area contributed by atoms with Crippen LogP contribution in [0.2, 0.25) is 0 Å². The number of aromatic nitrogens is 2. The van der Waals surface area contributed by atoms with Gasteiger partial charge in [-0.1, -0.05) is 0 Å². The molecule has 1 aliphatic heterocycles. The summed E-state index contributed by atoms with van der Waals surface area (Å²) in [4.78, 5) is 14.4. The number of carbonyl (C=O) groups is 1. The summed E-state index contributed by atoms with van der Waals surface area (Å²) in [5.74, 6) is 0. The number of hydrogen-bond donors (Lipinski definition) is 3. The monoisotopic (exact) mass is 360 g/mol. The molecule has 1 aromatic heterocycles. The second-order valence-corrected chi connectivity index (χ2v) is 6.72. The molecule has 7 nitrogen and oxygen atoms in total. The number of amides is 2. The Hall–Kier alpha value is -3.53. The Morgan fingerprint density at radius 1 is 1.22 bits per heavy atom. The van der Waals surface area contributed by atoms with Crippen LogP contribution in [0, 0.1) is 11.3 Å². The predicted molar refractivity (Wildman–Crippen MR) is 104 cm³/mol. The average Bonchev–Trinajstić information content (AvgIpc) is 3.16. The van der Waals surface area contributed by atoms with Crippen LogP contribution >= 0.6 is 0 Å². The first-order chi connectivity index (χ1) is 13.2. The van der Waals surface area contributed by atoms with Crippen LogP contribution in [0.1, 0.15) is 18.4 Å². The standard InChI is InChI=1S/C20H20N6O/c21-11-14-3-5-16(6-4-14)24-20(27)26-9-1-2-18(13-26)23-17-7-8-19-15(10-17)12-22-25-19/h3-8,10,12,18,23H,1-2,9,13H2,(H,22,25)(H,24,27).